The van der Waals surface area contributed by atoms with E-state index in [2.05, 4.69) is 19.2 Å². The Morgan fingerprint density at radius 1 is 1.35 bits per heavy atom. The largest absolute Gasteiger partial charge is 0.376 e. The van der Waals surface area contributed by atoms with Crippen LogP contribution in [0.3, 0.4) is 0 Å². The summed E-state index contributed by atoms with van der Waals surface area (Å²) in [5.74, 6) is 0.327. The number of carbonyl (C=O) groups excluding carboxylic acids is 2. The molecule has 1 heterocycles. The quantitative estimate of drug-likeness (QED) is 0.860. The van der Waals surface area contributed by atoms with E-state index in [-0.39, 0.29) is 28.6 Å². The molecule has 3 aliphatic rings. The highest BCUT2D eigenvalue weighted by atomic mass is 16.5. The van der Waals surface area contributed by atoms with Crippen molar-refractivity contribution in [2.75, 3.05) is 13.2 Å². The summed E-state index contributed by atoms with van der Waals surface area (Å²) in [6.45, 7) is 7.61. The van der Waals surface area contributed by atoms with Gasteiger partial charge in [0, 0.05) is 25.0 Å². The van der Waals surface area contributed by atoms with Crippen molar-refractivity contribution in [2.45, 2.75) is 59.0 Å². The lowest BCUT2D eigenvalue weighted by molar-refractivity contribution is -0.137. The average molecular weight is 279 g/mol. The molecular formula is C16H25NO3. The van der Waals surface area contributed by atoms with Crippen LogP contribution in [-0.4, -0.2) is 30.9 Å². The molecular weight excluding hydrogens is 254 g/mol. The van der Waals surface area contributed by atoms with E-state index in [1.54, 1.807) is 0 Å². The van der Waals surface area contributed by atoms with E-state index in [9.17, 15) is 9.59 Å². The molecule has 0 aromatic carbocycles. The van der Waals surface area contributed by atoms with Crippen LogP contribution in [0.1, 0.15) is 52.9 Å². The number of ether oxygens (including phenoxy) is 1. The van der Waals surface area contributed by atoms with Crippen LogP contribution in [-0.2, 0) is 14.3 Å². The molecule has 1 aliphatic heterocycles. The van der Waals surface area contributed by atoms with Gasteiger partial charge in [-0.2, -0.15) is 0 Å². The number of carbonyl (C=O) groups is 2. The van der Waals surface area contributed by atoms with Gasteiger partial charge < -0.3 is 10.1 Å². The molecule has 3 fully saturated rings. The molecule has 1 N–H and O–H groups in total. The monoisotopic (exact) mass is 279 g/mol. The molecule has 2 saturated carbocycles. The highest BCUT2D eigenvalue weighted by Crippen LogP contribution is 2.70. The normalized spacial score (nSPS) is 42.1. The van der Waals surface area contributed by atoms with E-state index >= 15 is 0 Å². The van der Waals surface area contributed by atoms with Gasteiger partial charge in [-0.1, -0.05) is 20.8 Å². The summed E-state index contributed by atoms with van der Waals surface area (Å²) in [7, 11) is 0. The fourth-order valence-electron chi connectivity index (χ4n) is 4.54. The molecule has 0 spiro atoms. The van der Waals surface area contributed by atoms with E-state index in [4.69, 9.17) is 4.74 Å². The zero-order chi connectivity index (χ0) is 14.6. The van der Waals surface area contributed by atoms with E-state index in [0.29, 0.717) is 13.0 Å². The van der Waals surface area contributed by atoms with Crippen molar-refractivity contribution in [3.05, 3.63) is 0 Å². The minimum absolute atomic E-state index is 0.0626. The maximum absolute atomic E-state index is 12.8. The van der Waals surface area contributed by atoms with Crippen molar-refractivity contribution < 1.29 is 14.3 Å². The Bertz CT molecular complexity index is 453. The SMILES string of the molecule is CC12CCC(C(=O)NCC3CCCO3)(CC1=O)C2(C)C. The summed E-state index contributed by atoms with van der Waals surface area (Å²) in [6, 6.07) is 0. The zero-order valence-corrected chi connectivity index (χ0v) is 12.8. The first-order valence-electron chi connectivity index (χ1n) is 7.77. The van der Waals surface area contributed by atoms with E-state index in [0.717, 1.165) is 32.3 Å². The molecule has 112 valence electrons. The summed E-state index contributed by atoms with van der Waals surface area (Å²) in [6.07, 6.45) is 4.34. The number of fused-ring (bicyclic) bond motifs is 2. The first kappa shape index (κ1) is 14.1. The van der Waals surface area contributed by atoms with Gasteiger partial charge in [-0.05, 0) is 31.1 Å². The molecule has 3 atom stereocenters. The molecule has 2 bridgehead atoms. The Balaban J connectivity index is 1.75. The Morgan fingerprint density at radius 3 is 2.60 bits per heavy atom. The van der Waals surface area contributed by atoms with Crippen LogP contribution in [0.15, 0.2) is 0 Å². The number of nitrogens with one attached hydrogen (secondary N) is 1. The summed E-state index contributed by atoms with van der Waals surface area (Å²) in [4.78, 5) is 25.1. The summed E-state index contributed by atoms with van der Waals surface area (Å²) in [5.41, 5.74) is -1.08. The molecule has 0 radical (unpaired) electrons. The molecule has 0 aromatic rings. The van der Waals surface area contributed by atoms with Gasteiger partial charge in [0.15, 0.2) is 0 Å². The topological polar surface area (TPSA) is 55.4 Å². The van der Waals surface area contributed by atoms with Gasteiger partial charge in [-0.15, -0.1) is 0 Å². The highest BCUT2D eigenvalue weighted by Gasteiger charge is 2.72. The maximum Gasteiger partial charge on any atom is 0.227 e. The van der Waals surface area contributed by atoms with Gasteiger partial charge in [-0.3, -0.25) is 9.59 Å². The molecule has 4 heteroatoms. The van der Waals surface area contributed by atoms with Gasteiger partial charge in [-0.25, -0.2) is 0 Å². The zero-order valence-electron chi connectivity index (χ0n) is 12.8. The number of Topliss-reactive ketones (excluding diaryl/α,β-unsaturated/α-hetero) is 1. The molecule has 20 heavy (non-hydrogen) atoms. The van der Waals surface area contributed by atoms with Gasteiger partial charge in [0.1, 0.15) is 5.78 Å². The third kappa shape index (κ3) is 1.57. The van der Waals surface area contributed by atoms with E-state index in [1.165, 1.54) is 0 Å². The minimum atomic E-state index is -0.503. The van der Waals surface area contributed by atoms with Crippen molar-refractivity contribution in [2.24, 2.45) is 16.2 Å². The third-order valence-corrected chi connectivity index (χ3v) is 6.65. The van der Waals surface area contributed by atoms with Crippen LogP contribution in [0.4, 0.5) is 0 Å². The number of hydrogen-bond acceptors (Lipinski definition) is 3. The van der Waals surface area contributed by atoms with Crippen molar-refractivity contribution >= 4 is 11.7 Å². The predicted molar refractivity (Wildman–Crippen MR) is 75.2 cm³/mol. The molecule has 4 nitrogen and oxygen atoms in total. The van der Waals surface area contributed by atoms with Crippen molar-refractivity contribution in [1.82, 2.24) is 5.32 Å². The Labute approximate surface area is 120 Å². The second kappa shape index (κ2) is 4.30. The van der Waals surface area contributed by atoms with Crippen LogP contribution < -0.4 is 5.32 Å². The van der Waals surface area contributed by atoms with Gasteiger partial charge in [0.25, 0.3) is 0 Å². The maximum atomic E-state index is 12.8. The van der Waals surface area contributed by atoms with Crippen LogP contribution in [0.2, 0.25) is 0 Å². The fraction of sp³-hybridized carbons (Fsp3) is 0.875. The number of amides is 1. The molecule has 3 rings (SSSR count). The Hall–Kier alpha value is -0.900. The molecule has 3 unspecified atom stereocenters. The number of rotatable bonds is 3. The standard InChI is InChI=1S/C16H25NO3/c1-14(2)15(3)6-7-16(14,9-12(15)18)13(19)17-10-11-5-4-8-20-11/h11H,4-10H2,1-3H3,(H,17,19). The molecule has 1 saturated heterocycles. The van der Waals surface area contributed by atoms with Crippen LogP contribution in [0.25, 0.3) is 0 Å². The lowest BCUT2D eigenvalue weighted by atomic mass is 9.64. The Morgan fingerprint density at radius 2 is 2.10 bits per heavy atom. The van der Waals surface area contributed by atoms with Gasteiger partial charge in [0.05, 0.1) is 11.5 Å². The second-order valence-electron chi connectivity index (χ2n) is 7.48. The van der Waals surface area contributed by atoms with E-state index < -0.39 is 5.41 Å². The highest BCUT2D eigenvalue weighted by molar-refractivity contribution is 5.99. The fourth-order valence-corrected chi connectivity index (χ4v) is 4.54. The predicted octanol–water partition coefficient (Wildman–Crippen LogP) is 2.07. The average Bonchev–Trinajstić information content (AvgIpc) is 3.01. The van der Waals surface area contributed by atoms with Crippen LogP contribution >= 0.6 is 0 Å². The van der Waals surface area contributed by atoms with Gasteiger partial charge in [0.2, 0.25) is 5.91 Å². The van der Waals surface area contributed by atoms with E-state index in [1.807, 2.05) is 6.92 Å². The molecule has 0 aromatic heterocycles. The van der Waals surface area contributed by atoms with Crippen LogP contribution in [0, 0.1) is 16.2 Å². The molecule has 2 aliphatic carbocycles. The summed E-state index contributed by atoms with van der Waals surface area (Å²) < 4.78 is 5.55. The second-order valence-corrected chi connectivity index (χ2v) is 7.48. The van der Waals surface area contributed by atoms with Crippen molar-refractivity contribution in [3.8, 4) is 0 Å². The minimum Gasteiger partial charge on any atom is -0.376 e. The third-order valence-electron chi connectivity index (χ3n) is 6.65. The van der Waals surface area contributed by atoms with Crippen molar-refractivity contribution in [1.29, 1.82) is 0 Å². The number of ketones is 1. The smallest absolute Gasteiger partial charge is 0.227 e. The first-order valence-corrected chi connectivity index (χ1v) is 7.77. The van der Waals surface area contributed by atoms with Crippen molar-refractivity contribution in [3.63, 3.8) is 0 Å². The first-order chi connectivity index (χ1) is 9.33. The lowest BCUT2D eigenvalue weighted by Gasteiger charge is -2.38. The Kier molecular flexibility index (Phi) is 3.02. The number of hydrogen-bond donors (Lipinski definition) is 1. The molecule has 1 amide bonds. The summed E-state index contributed by atoms with van der Waals surface area (Å²) in [5, 5.41) is 3.06. The lowest BCUT2D eigenvalue weighted by Crippen LogP contribution is -2.48. The van der Waals surface area contributed by atoms with Crippen LogP contribution in [0.5, 0.6) is 0 Å². The van der Waals surface area contributed by atoms with Gasteiger partial charge >= 0.3 is 0 Å². The summed E-state index contributed by atoms with van der Waals surface area (Å²) >= 11 is 0.